The van der Waals surface area contributed by atoms with E-state index in [1.807, 2.05) is 19.1 Å². The summed E-state index contributed by atoms with van der Waals surface area (Å²) in [5.74, 6) is -0.962. The van der Waals surface area contributed by atoms with E-state index in [4.69, 9.17) is 0 Å². The summed E-state index contributed by atoms with van der Waals surface area (Å²) in [5, 5.41) is 2.23. The number of nitrogens with one attached hydrogen (secondary N) is 1. The lowest BCUT2D eigenvalue weighted by Gasteiger charge is -2.13. The van der Waals surface area contributed by atoms with Gasteiger partial charge in [-0.1, -0.05) is 24.3 Å². The minimum absolute atomic E-state index is 0.146. The van der Waals surface area contributed by atoms with E-state index in [0.717, 1.165) is 33.3 Å². The summed E-state index contributed by atoms with van der Waals surface area (Å²) < 4.78 is 3.06. The highest BCUT2D eigenvalue weighted by Crippen LogP contribution is 2.32. The Bertz CT molecular complexity index is 1340. The van der Waals surface area contributed by atoms with Crippen molar-refractivity contribution in [3.05, 3.63) is 69.0 Å². The van der Waals surface area contributed by atoms with Crippen LogP contribution >= 0.6 is 11.8 Å². The molecule has 1 fully saturated rings. The predicted molar refractivity (Wildman–Crippen MR) is 121 cm³/mol. The molecule has 3 amide bonds. The summed E-state index contributed by atoms with van der Waals surface area (Å²) in [4.78, 5) is 50.7. The molecule has 9 heteroatoms. The van der Waals surface area contributed by atoms with Crippen molar-refractivity contribution >= 4 is 51.6 Å². The lowest BCUT2D eigenvalue weighted by atomic mass is 10.2. The summed E-state index contributed by atoms with van der Waals surface area (Å²) in [6, 6.07) is 12.6. The van der Waals surface area contributed by atoms with Crippen LogP contribution in [0.4, 0.5) is 10.5 Å². The number of fused-ring (bicyclic) bond motifs is 1. The van der Waals surface area contributed by atoms with Crippen LogP contribution in [0.25, 0.3) is 17.1 Å². The molecule has 2 aromatic carbocycles. The second-order valence-corrected chi connectivity index (χ2v) is 8.27. The normalized spacial score (nSPS) is 15.3. The van der Waals surface area contributed by atoms with Gasteiger partial charge in [0.25, 0.3) is 11.1 Å². The zero-order valence-corrected chi connectivity index (χ0v) is 18.0. The van der Waals surface area contributed by atoms with E-state index in [-0.39, 0.29) is 17.1 Å². The van der Waals surface area contributed by atoms with E-state index < -0.39 is 17.1 Å². The molecule has 8 nitrogen and oxygen atoms in total. The molecule has 0 radical (unpaired) electrons. The van der Waals surface area contributed by atoms with Gasteiger partial charge in [-0.05, 0) is 54.1 Å². The second-order valence-electron chi connectivity index (χ2n) is 7.28. The van der Waals surface area contributed by atoms with Gasteiger partial charge in [0.2, 0.25) is 5.91 Å². The van der Waals surface area contributed by atoms with Gasteiger partial charge in [0.1, 0.15) is 6.54 Å². The Hall–Kier alpha value is -3.59. The van der Waals surface area contributed by atoms with E-state index >= 15 is 0 Å². The molecule has 1 aromatic heterocycles. The lowest BCUT2D eigenvalue weighted by molar-refractivity contribution is -0.127. The number of rotatable bonds is 4. The lowest BCUT2D eigenvalue weighted by Crippen LogP contribution is -2.36. The van der Waals surface area contributed by atoms with Crippen LogP contribution in [0.2, 0.25) is 0 Å². The van der Waals surface area contributed by atoms with Gasteiger partial charge in [-0.3, -0.25) is 28.4 Å². The minimum Gasteiger partial charge on any atom is -0.324 e. The maximum Gasteiger partial charge on any atom is 0.328 e. The molecule has 158 valence electrons. The predicted octanol–water partition coefficient (Wildman–Crippen LogP) is 2.86. The van der Waals surface area contributed by atoms with Crippen LogP contribution in [0.1, 0.15) is 11.1 Å². The molecule has 31 heavy (non-hydrogen) atoms. The Morgan fingerprint density at radius 1 is 1.03 bits per heavy atom. The van der Waals surface area contributed by atoms with Crippen molar-refractivity contribution in [2.75, 3.05) is 11.9 Å². The molecule has 1 aliphatic rings. The summed E-state index contributed by atoms with van der Waals surface area (Å²) in [7, 11) is 3.37. The summed E-state index contributed by atoms with van der Waals surface area (Å²) in [5.41, 5.74) is 3.55. The van der Waals surface area contributed by atoms with E-state index in [9.17, 15) is 19.2 Å². The Morgan fingerprint density at radius 3 is 2.48 bits per heavy atom. The number of imide groups is 1. The summed E-state index contributed by atoms with van der Waals surface area (Å²) >= 11 is 0.791. The topological polar surface area (TPSA) is 93.4 Å². The van der Waals surface area contributed by atoms with Crippen LogP contribution in [-0.2, 0) is 23.7 Å². The van der Waals surface area contributed by atoms with Gasteiger partial charge < -0.3 is 5.32 Å². The number of imidazole rings is 1. The first-order valence-electron chi connectivity index (χ1n) is 9.52. The molecular weight excluding hydrogens is 416 g/mol. The number of aryl methyl sites for hydroxylation is 3. The Morgan fingerprint density at radius 2 is 1.74 bits per heavy atom. The Labute approximate surface area is 182 Å². The summed E-state index contributed by atoms with van der Waals surface area (Å²) in [6.45, 7) is 1.50. The monoisotopic (exact) mass is 436 g/mol. The number of nitrogens with zero attached hydrogens (tertiary/aromatic N) is 3. The average Bonchev–Trinajstić information content (AvgIpc) is 3.12. The SMILES string of the molecule is Cc1ccccc1NC(=O)CN1C(=O)SC(=Cc2ccc3c(c2)n(C)c(=O)n3C)C1=O. The third kappa shape index (κ3) is 3.79. The fourth-order valence-electron chi connectivity index (χ4n) is 3.45. The standard InChI is InChI=1S/C22H20N4O4S/c1-13-6-4-5-7-15(13)23-19(27)12-26-20(28)18(31-22(26)30)11-14-8-9-16-17(10-14)25(3)21(29)24(16)2/h4-11H,12H2,1-3H3,(H,23,27). The number of para-hydroxylation sites is 1. The van der Waals surface area contributed by atoms with Crippen molar-refractivity contribution < 1.29 is 14.4 Å². The third-order valence-corrected chi connectivity index (χ3v) is 6.10. The number of carbonyl (C=O) groups is 3. The molecule has 0 spiro atoms. The molecule has 1 N–H and O–H groups in total. The fraction of sp³-hybridized carbons (Fsp3) is 0.182. The highest BCUT2D eigenvalue weighted by molar-refractivity contribution is 8.18. The van der Waals surface area contributed by atoms with Crippen LogP contribution < -0.4 is 11.0 Å². The first-order chi connectivity index (χ1) is 14.8. The van der Waals surface area contributed by atoms with Crippen molar-refractivity contribution in [2.24, 2.45) is 14.1 Å². The smallest absolute Gasteiger partial charge is 0.324 e. The first kappa shape index (κ1) is 20.7. The maximum atomic E-state index is 12.7. The van der Waals surface area contributed by atoms with Gasteiger partial charge in [-0.2, -0.15) is 0 Å². The maximum absolute atomic E-state index is 12.7. The molecule has 1 aliphatic heterocycles. The fourth-order valence-corrected chi connectivity index (χ4v) is 4.29. The number of carbonyl (C=O) groups excluding carboxylic acids is 3. The molecule has 0 unspecified atom stereocenters. The van der Waals surface area contributed by atoms with E-state index in [1.54, 1.807) is 55.1 Å². The summed E-state index contributed by atoms with van der Waals surface area (Å²) in [6.07, 6.45) is 1.60. The zero-order valence-electron chi connectivity index (χ0n) is 17.2. The number of thioether (sulfide) groups is 1. The highest BCUT2D eigenvalue weighted by Gasteiger charge is 2.36. The molecule has 0 bridgehead atoms. The van der Waals surface area contributed by atoms with E-state index in [0.29, 0.717) is 11.3 Å². The van der Waals surface area contributed by atoms with Gasteiger partial charge in [0.05, 0.1) is 15.9 Å². The van der Waals surface area contributed by atoms with Crippen LogP contribution in [-0.4, -0.2) is 37.6 Å². The number of hydrogen-bond donors (Lipinski definition) is 1. The minimum atomic E-state index is -0.517. The number of hydrogen-bond acceptors (Lipinski definition) is 5. The molecular formula is C22H20N4O4S. The van der Waals surface area contributed by atoms with Crippen molar-refractivity contribution in [2.45, 2.75) is 6.92 Å². The zero-order chi connectivity index (χ0) is 22.3. The van der Waals surface area contributed by atoms with Crippen LogP contribution in [0.3, 0.4) is 0 Å². The van der Waals surface area contributed by atoms with Gasteiger partial charge >= 0.3 is 5.69 Å². The highest BCUT2D eigenvalue weighted by atomic mass is 32.2. The van der Waals surface area contributed by atoms with Crippen LogP contribution in [0, 0.1) is 6.92 Å². The van der Waals surface area contributed by atoms with Crippen molar-refractivity contribution in [1.82, 2.24) is 14.0 Å². The molecule has 1 saturated heterocycles. The molecule has 4 rings (SSSR count). The van der Waals surface area contributed by atoms with Crippen molar-refractivity contribution in [3.8, 4) is 0 Å². The van der Waals surface area contributed by atoms with Gasteiger partial charge in [0.15, 0.2) is 0 Å². The number of aromatic nitrogens is 2. The van der Waals surface area contributed by atoms with Crippen molar-refractivity contribution in [1.29, 1.82) is 0 Å². The molecule has 2 heterocycles. The second kappa shape index (κ2) is 7.92. The quantitative estimate of drug-likeness (QED) is 0.635. The van der Waals surface area contributed by atoms with Gasteiger partial charge in [0, 0.05) is 19.8 Å². The largest absolute Gasteiger partial charge is 0.328 e. The van der Waals surface area contributed by atoms with E-state index in [2.05, 4.69) is 5.32 Å². The number of amides is 3. The Balaban J connectivity index is 1.54. The number of anilines is 1. The van der Waals surface area contributed by atoms with E-state index in [1.165, 1.54) is 4.57 Å². The molecule has 0 saturated carbocycles. The molecule has 3 aromatic rings. The molecule has 0 atom stereocenters. The van der Waals surface area contributed by atoms with Gasteiger partial charge in [-0.25, -0.2) is 4.79 Å². The first-order valence-corrected chi connectivity index (χ1v) is 10.3. The Kier molecular flexibility index (Phi) is 5.28. The number of benzene rings is 2. The average molecular weight is 436 g/mol. The van der Waals surface area contributed by atoms with Crippen LogP contribution in [0.5, 0.6) is 0 Å². The van der Waals surface area contributed by atoms with Gasteiger partial charge in [-0.15, -0.1) is 0 Å². The van der Waals surface area contributed by atoms with Crippen molar-refractivity contribution in [3.63, 3.8) is 0 Å². The van der Waals surface area contributed by atoms with Crippen LogP contribution in [0.15, 0.2) is 52.2 Å². The molecule has 0 aliphatic carbocycles. The third-order valence-electron chi connectivity index (χ3n) is 5.19.